The van der Waals surface area contributed by atoms with E-state index in [1.165, 1.54) is 26.0 Å². The predicted octanol–water partition coefficient (Wildman–Crippen LogP) is 3.09. The summed E-state index contributed by atoms with van der Waals surface area (Å²) in [4.78, 5) is 26.1. The molecule has 27 heavy (non-hydrogen) atoms. The summed E-state index contributed by atoms with van der Waals surface area (Å²) in [6.45, 7) is 3.55. The highest BCUT2D eigenvalue weighted by Gasteiger charge is 2.20. The molecule has 0 unspecified atom stereocenters. The monoisotopic (exact) mass is 372 g/mol. The van der Waals surface area contributed by atoms with Gasteiger partial charge in [-0.05, 0) is 31.2 Å². The maximum absolute atomic E-state index is 12.6. The van der Waals surface area contributed by atoms with Crippen LogP contribution in [0.5, 0.6) is 17.2 Å². The number of ether oxygens (including phenoxy) is 3. The Morgan fingerprint density at radius 1 is 1.04 bits per heavy atom. The molecule has 0 aliphatic rings. The number of amides is 2. The Labute approximate surface area is 158 Å². The largest absolute Gasteiger partial charge is 0.497 e. The van der Waals surface area contributed by atoms with Gasteiger partial charge in [0.15, 0.2) is 0 Å². The van der Waals surface area contributed by atoms with E-state index in [0.717, 1.165) is 0 Å². The number of carbonyl (C=O) groups is 2. The number of para-hydroxylation sites is 2. The van der Waals surface area contributed by atoms with Crippen molar-refractivity contribution in [2.24, 2.45) is 0 Å². The van der Waals surface area contributed by atoms with Gasteiger partial charge in [-0.2, -0.15) is 0 Å². The third kappa shape index (κ3) is 5.13. The lowest BCUT2D eigenvalue weighted by molar-refractivity contribution is -0.120. The van der Waals surface area contributed by atoms with Crippen LogP contribution in [-0.2, 0) is 9.59 Å². The Kier molecular flexibility index (Phi) is 7.05. The third-order valence-electron chi connectivity index (χ3n) is 3.82. The fraction of sp³-hybridized carbons (Fsp3) is 0.300. The Bertz CT molecular complexity index is 807. The van der Waals surface area contributed by atoms with Crippen LogP contribution in [-0.4, -0.2) is 39.2 Å². The van der Waals surface area contributed by atoms with E-state index < -0.39 is 0 Å². The lowest BCUT2D eigenvalue weighted by Crippen LogP contribution is -2.37. The summed E-state index contributed by atoms with van der Waals surface area (Å²) in [5, 5.41) is 2.76. The van der Waals surface area contributed by atoms with Crippen molar-refractivity contribution < 1.29 is 23.8 Å². The van der Waals surface area contributed by atoms with Crippen molar-refractivity contribution >= 4 is 23.2 Å². The van der Waals surface area contributed by atoms with Gasteiger partial charge < -0.3 is 19.5 Å². The molecule has 2 aromatic carbocycles. The standard InChI is InChI=1S/C20H24N2O5/c1-5-27-19-9-7-6-8-17(19)22(14(2)23)13-20(24)21-16-12-15(25-3)10-11-18(16)26-4/h6-12H,5,13H2,1-4H3,(H,21,24). The molecule has 0 bridgehead atoms. The number of methoxy groups -OCH3 is 2. The minimum absolute atomic E-state index is 0.167. The average molecular weight is 372 g/mol. The van der Waals surface area contributed by atoms with Crippen molar-refractivity contribution in [3.63, 3.8) is 0 Å². The molecule has 0 atom stereocenters. The molecule has 1 N–H and O–H groups in total. The number of nitrogens with zero attached hydrogens (tertiary/aromatic N) is 1. The van der Waals surface area contributed by atoms with E-state index in [2.05, 4.69) is 5.32 Å². The zero-order chi connectivity index (χ0) is 19.8. The molecule has 0 radical (unpaired) electrons. The SMILES string of the molecule is CCOc1ccccc1N(CC(=O)Nc1cc(OC)ccc1OC)C(C)=O. The first kappa shape index (κ1) is 20.1. The second kappa shape index (κ2) is 9.47. The van der Waals surface area contributed by atoms with Crippen molar-refractivity contribution in [3.05, 3.63) is 42.5 Å². The molecule has 0 aromatic heterocycles. The van der Waals surface area contributed by atoms with Gasteiger partial charge in [0.1, 0.15) is 23.8 Å². The van der Waals surface area contributed by atoms with Gasteiger partial charge >= 0.3 is 0 Å². The highest BCUT2D eigenvalue weighted by Crippen LogP contribution is 2.30. The van der Waals surface area contributed by atoms with Crippen LogP contribution in [0, 0.1) is 0 Å². The highest BCUT2D eigenvalue weighted by atomic mass is 16.5. The quantitative estimate of drug-likeness (QED) is 0.770. The number of anilines is 2. The van der Waals surface area contributed by atoms with Gasteiger partial charge in [-0.25, -0.2) is 0 Å². The molecular formula is C20H24N2O5. The highest BCUT2D eigenvalue weighted by molar-refractivity contribution is 6.03. The minimum Gasteiger partial charge on any atom is -0.497 e. The Morgan fingerprint density at radius 3 is 2.41 bits per heavy atom. The summed E-state index contributed by atoms with van der Waals surface area (Å²) in [5.74, 6) is 0.976. The molecule has 2 amide bonds. The summed E-state index contributed by atoms with van der Waals surface area (Å²) in [6, 6.07) is 12.2. The number of hydrogen-bond donors (Lipinski definition) is 1. The van der Waals surface area contributed by atoms with E-state index in [-0.39, 0.29) is 18.4 Å². The topological polar surface area (TPSA) is 77.1 Å². The average Bonchev–Trinajstić information content (AvgIpc) is 2.66. The summed E-state index contributed by atoms with van der Waals surface area (Å²) < 4.78 is 16.0. The molecule has 0 aliphatic heterocycles. The molecule has 7 heteroatoms. The van der Waals surface area contributed by atoms with Crippen LogP contribution in [0.1, 0.15) is 13.8 Å². The lowest BCUT2D eigenvalue weighted by Gasteiger charge is -2.23. The fourth-order valence-corrected chi connectivity index (χ4v) is 2.57. The Morgan fingerprint density at radius 2 is 1.78 bits per heavy atom. The van der Waals surface area contributed by atoms with Gasteiger partial charge in [-0.1, -0.05) is 12.1 Å². The second-order valence-corrected chi connectivity index (χ2v) is 5.62. The first-order chi connectivity index (χ1) is 13.0. The third-order valence-corrected chi connectivity index (χ3v) is 3.82. The van der Waals surface area contributed by atoms with Gasteiger partial charge in [0.05, 0.1) is 32.2 Å². The Hall–Kier alpha value is -3.22. The number of nitrogens with one attached hydrogen (secondary N) is 1. The molecule has 2 aromatic rings. The number of benzene rings is 2. The lowest BCUT2D eigenvalue weighted by atomic mass is 10.2. The van der Waals surface area contributed by atoms with Crippen molar-refractivity contribution in [2.75, 3.05) is 37.6 Å². The molecule has 0 heterocycles. The predicted molar refractivity (Wildman–Crippen MR) is 104 cm³/mol. The van der Waals surface area contributed by atoms with Crippen molar-refractivity contribution in [1.82, 2.24) is 0 Å². The van der Waals surface area contributed by atoms with Crippen LogP contribution < -0.4 is 24.4 Å². The first-order valence-electron chi connectivity index (χ1n) is 8.52. The molecule has 144 valence electrons. The van der Waals surface area contributed by atoms with Crippen LogP contribution in [0.15, 0.2) is 42.5 Å². The molecule has 0 fully saturated rings. The summed E-state index contributed by atoms with van der Waals surface area (Å²) in [7, 11) is 3.05. The van der Waals surface area contributed by atoms with Crippen molar-refractivity contribution in [3.8, 4) is 17.2 Å². The molecule has 0 aliphatic carbocycles. The first-order valence-corrected chi connectivity index (χ1v) is 8.52. The van der Waals surface area contributed by atoms with E-state index in [0.29, 0.717) is 35.2 Å². The molecule has 0 spiro atoms. The Balaban J connectivity index is 2.23. The zero-order valence-corrected chi connectivity index (χ0v) is 15.9. The van der Waals surface area contributed by atoms with E-state index in [9.17, 15) is 9.59 Å². The molecule has 0 saturated heterocycles. The van der Waals surface area contributed by atoms with E-state index in [1.807, 2.05) is 13.0 Å². The maximum Gasteiger partial charge on any atom is 0.244 e. The zero-order valence-electron chi connectivity index (χ0n) is 15.9. The fourth-order valence-electron chi connectivity index (χ4n) is 2.57. The van der Waals surface area contributed by atoms with Gasteiger partial charge in [0.25, 0.3) is 0 Å². The van der Waals surface area contributed by atoms with Gasteiger partial charge in [-0.3, -0.25) is 14.5 Å². The van der Waals surface area contributed by atoms with Crippen LogP contribution in [0.2, 0.25) is 0 Å². The number of rotatable bonds is 8. The minimum atomic E-state index is -0.372. The second-order valence-electron chi connectivity index (χ2n) is 5.62. The normalized spacial score (nSPS) is 10.1. The van der Waals surface area contributed by atoms with E-state index in [1.54, 1.807) is 36.4 Å². The maximum atomic E-state index is 12.6. The number of hydrogen-bond acceptors (Lipinski definition) is 5. The van der Waals surface area contributed by atoms with Crippen LogP contribution in [0.3, 0.4) is 0 Å². The van der Waals surface area contributed by atoms with Crippen LogP contribution in [0.25, 0.3) is 0 Å². The van der Waals surface area contributed by atoms with E-state index >= 15 is 0 Å². The number of carbonyl (C=O) groups excluding carboxylic acids is 2. The smallest absolute Gasteiger partial charge is 0.244 e. The molecule has 7 nitrogen and oxygen atoms in total. The van der Waals surface area contributed by atoms with Crippen molar-refractivity contribution in [2.45, 2.75) is 13.8 Å². The summed E-state index contributed by atoms with van der Waals surface area (Å²) in [6.07, 6.45) is 0. The molecule has 0 saturated carbocycles. The van der Waals surface area contributed by atoms with Crippen LogP contribution in [0.4, 0.5) is 11.4 Å². The molecular weight excluding hydrogens is 348 g/mol. The summed E-state index contributed by atoms with van der Waals surface area (Å²) in [5.41, 5.74) is 1.00. The van der Waals surface area contributed by atoms with Gasteiger partial charge in [0, 0.05) is 13.0 Å². The molecule has 2 rings (SSSR count). The van der Waals surface area contributed by atoms with Crippen LogP contribution >= 0.6 is 0 Å². The van der Waals surface area contributed by atoms with E-state index in [4.69, 9.17) is 14.2 Å². The summed E-state index contributed by atoms with van der Waals surface area (Å²) >= 11 is 0. The van der Waals surface area contributed by atoms with Gasteiger partial charge in [-0.15, -0.1) is 0 Å². The van der Waals surface area contributed by atoms with Crippen molar-refractivity contribution in [1.29, 1.82) is 0 Å². The van der Waals surface area contributed by atoms with Gasteiger partial charge in [0.2, 0.25) is 11.8 Å².